The molecule has 0 aliphatic carbocycles. The summed E-state index contributed by atoms with van der Waals surface area (Å²) in [5, 5.41) is 0. The predicted molar refractivity (Wildman–Crippen MR) is 78.8 cm³/mol. The molecule has 19 heavy (non-hydrogen) atoms. The van der Waals surface area contributed by atoms with Crippen LogP contribution in [0.5, 0.6) is 0 Å². The van der Waals surface area contributed by atoms with Crippen molar-refractivity contribution >= 4 is 23.2 Å². The maximum Gasteiger partial charge on any atom is 0.325 e. The summed E-state index contributed by atoms with van der Waals surface area (Å²) in [6, 6.07) is 10.4. The van der Waals surface area contributed by atoms with E-state index >= 15 is 0 Å². The first-order valence-electron chi connectivity index (χ1n) is 6.48. The molecule has 1 aliphatic rings. The van der Waals surface area contributed by atoms with Crippen LogP contribution in [0.2, 0.25) is 0 Å². The van der Waals surface area contributed by atoms with Crippen molar-refractivity contribution in [3.8, 4) is 0 Å². The molecular formula is C15H19NO2S. The Morgan fingerprint density at radius 1 is 1.37 bits per heavy atom. The number of carbonyl (C=O) groups excluding carboxylic acids is 1. The lowest BCUT2D eigenvalue weighted by molar-refractivity contribution is -0.142. The number of esters is 1. The molecule has 0 amide bonds. The molecule has 0 radical (unpaired) electrons. The van der Waals surface area contributed by atoms with Crippen LogP contribution in [0, 0.1) is 11.8 Å². The second-order valence-corrected chi connectivity index (χ2v) is 5.59. The molecule has 1 fully saturated rings. The van der Waals surface area contributed by atoms with Gasteiger partial charge in [0.2, 0.25) is 0 Å². The van der Waals surface area contributed by atoms with E-state index in [1.54, 1.807) is 0 Å². The van der Waals surface area contributed by atoms with Crippen molar-refractivity contribution in [1.29, 1.82) is 0 Å². The average molecular weight is 277 g/mol. The van der Waals surface area contributed by atoms with Crippen LogP contribution in [0.1, 0.15) is 25.5 Å². The number of carbonyl (C=O) groups is 1. The zero-order valence-corrected chi connectivity index (χ0v) is 12.3. The predicted octanol–water partition coefficient (Wildman–Crippen LogP) is 2.82. The van der Waals surface area contributed by atoms with Gasteiger partial charge in [-0.05, 0) is 11.5 Å². The molecule has 0 saturated carbocycles. The maximum atomic E-state index is 11.5. The van der Waals surface area contributed by atoms with Gasteiger partial charge in [-0.15, -0.1) is 0 Å². The molecule has 3 nitrogen and oxygen atoms in total. The van der Waals surface area contributed by atoms with Gasteiger partial charge in [0.25, 0.3) is 0 Å². The number of nitrogens with zero attached hydrogens (tertiary/aromatic N) is 1. The van der Waals surface area contributed by atoms with Crippen molar-refractivity contribution in [3.63, 3.8) is 0 Å². The highest BCUT2D eigenvalue weighted by molar-refractivity contribution is 7.80. The number of hydrogen-bond donors (Lipinski definition) is 0. The first kappa shape index (κ1) is 14.0. The quantitative estimate of drug-likeness (QED) is 0.625. The van der Waals surface area contributed by atoms with Crippen molar-refractivity contribution in [2.24, 2.45) is 11.8 Å². The van der Waals surface area contributed by atoms with E-state index in [4.69, 9.17) is 17.0 Å². The molecule has 0 bridgehead atoms. The molecule has 1 saturated heterocycles. The summed E-state index contributed by atoms with van der Waals surface area (Å²) < 4.78 is 4.74. The Balaban J connectivity index is 2.23. The number of methoxy groups -OCH3 is 1. The lowest BCUT2D eigenvalue weighted by Gasteiger charge is -2.51. The van der Waals surface area contributed by atoms with Crippen molar-refractivity contribution < 1.29 is 9.53 Å². The van der Waals surface area contributed by atoms with Gasteiger partial charge >= 0.3 is 5.97 Å². The van der Waals surface area contributed by atoms with Crippen LogP contribution in [0.3, 0.4) is 0 Å². The molecule has 0 unspecified atom stereocenters. The molecule has 1 aliphatic heterocycles. The molecule has 1 aromatic carbocycles. The second kappa shape index (κ2) is 5.70. The van der Waals surface area contributed by atoms with Crippen LogP contribution in [0.15, 0.2) is 30.3 Å². The number of rotatable bonds is 4. The van der Waals surface area contributed by atoms with Gasteiger partial charge in [0.1, 0.15) is 6.54 Å². The van der Waals surface area contributed by atoms with Crippen LogP contribution in [0.25, 0.3) is 0 Å². The van der Waals surface area contributed by atoms with E-state index in [1.165, 1.54) is 12.7 Å². The summed E-state index contributed by atoms with van der Waals surface area (Å²) in [6.45, 7) is 4.57. The minimum Gasteiger partial charge on any atom is -0.468 e. The van der Waals surface area contributed by atoms with Crippen LogP contribution < -0.4 is 0 Å². The van der Waals surface area contributed by atoms with Gasteiger partial charge < -0.3 is 9.64 Å². The highest BCUT2D eigenvalue weighted by Gasteiger charge is 2.46. The summed E-state index contributed by atoms with van der Waals surface area (Å²) in [7, 11) is 1.41. The zero-order chi connectivity index (χ0) is 14.0. The van der Waals surface area contributed by atoms with Gasteiger partial charge in [-0.3, -0.25) is 4.79 Å². The Bertz CT molecular complexity index is 472. The second-order valence-electron chi connectivity index (χ2n) is 5.17. The summed E-state index contributed by atoms with van der Waals surface area (Å²) in [4.78, 5) is 14.3. The monoisotopic (exact) mass is 277 g/mol. The molecule has 0 aromatic heterocycles. The Morgan fingerprint density at radius 2 is 2.00 bits per heavy atom. The summed E-state index contributed by atoms with van der Waals surface area (Å²) >= 11 is 5.46. The lowest BCUT2D eigenvalue weighted by Crippen LogP contribution is -2.57. The van der Waals surface area contributed by atoms with E-state index in [0.29, 0.717) is 11.8 Å². The standard InChI is InChI=1S/C15H19NO2S/c1-10(2)13-14(11-7-5-4-6-8-11)16(15(13)19)9-12(17)18-3/h4-8,10,13-14H,9H2,1-3H3/t13-,14+/m0/s1. The number of thiocarbonyl (C=S) groups is 1. The maximum absolute atomic E-state index is 11.5. The van der Waals surface area contributed by atoms with Crippen LogP contribution >= 0.6 is 12.2 Å². The molecule has 2 rings (SSSR count). The first-order valence-corrected chi connectivity index (χ1v) is 6.89. The average Bonchev–Trinajstić information content (AvgIpc) is 2.41. The summed E-state index contributed by atoms with van der Waals surface area (Å²) in [5.74, 6) is 0.541. The van der Waals surface area contributed by atoms with Crippen LogP contribution in [0.4, 0.5) is 0 Å². The number of benzene rings is 1. The minimum atomic E-state index is -0.245. The van der Waals surface area contributed by atoms with E-state index in [1.807, 2.05) is 23.1 Å². The number of hydrogen-bond acceptors (Lipinski definition) is 3. The smallest absolute Gasteiger partial charge is 0.325 e. The first-order chi connectivity index (χ1) is 9.06. The highest BCUT2D eigenvalue weighted by Crippen LogP contribution is 2.44. The van der Waals surface area contributed by atoms with E-state index in [2.05, 4.69) is 26.0 Å². The third-order valence-electron chi connectivity index (χ3n) is 3.63. The third kappa shape index (κ3) is 2.63. The number of ether oxygens (including phenoxy) is 1. The van der Waals surface area contributed by atoms with Crippen molar-refractivity contribution in [2.45, 2.75) is 19.9 Å². The molecule has 2 atom stereocenters. The van der Waals surface area contributed by atoms with Crippen molar-refractivity contribution in [1.82, 2.24) is 4.90 Å². The van der Waals surface area contributed by atoms with E-state index < -0.39 is 0 Å². The van der Waals surface area contributed by atoms with Crippen LogP contribution in [-0.4, -0.2) is 29.5 Å². The van der Waals surface area contributed by atoms with Gasteiger partial charge in [-0.25, -0.2) is 0 Å². The fourth-order valence-electron chi connectivity index (χ4n) is 2.64. The van der Waals surface area contributed by atoms with E-state index in [9.17, 15) is 4.79 Å². The highest BCUT2D eigenvalue weighted by atomic mass is 32.1. The number of likely N-dealkylation sites (tertiary alicyclic amines) is 1. The Hall–Kier alpha value is -1.42. The lowest BCUT2D eigenvalue weighted by atomic mass is 9.76. The van der Waals surface area contributed by atoms with Gasteiger partial charge in [0.05, 0.1) is 18.1 Å². The normalized spacial score (nSPS) is 22.3. The fourth-order valence-corrected chi connectivity index (χ4v) is 3.22. The summed E-state index contributed by atoms with van der Waals surface area (Å²) in [5.41, 5.74) is 1.21. The molecular weight excluding hydrogens is 258 g/mol. The molecule has 102 valence electrons. The van der Waals surface area contributed by atoms with E-state index in [-0.39, 0.29) is 18.6 Å². The van der Waals surface area contributed by atoms with Gasteiger partial charge in [0, 0.05) is 5.92 Å². The molecule has 1 aromatic rings. The SMILES string of the molecule is COC(=O)CN1C(=S)[C@@H](C(C)C)[C@H]1c1ccccc1. The van der Waals surface area contributed by atoms with Gasteiger partial charge in [-0.1, -0.05) is 56.4 Å². The topological polar surface area (TPSA) is 29.5 Å². The zero-order valence-electron chi connectivity index (χ0n) is 11.5. The molecule has 0 spiro atoms. The van der Waals surface area contributed by atoms with E-state index in [0.717, 1.165) is 4.99 Å². The largest absolute Gasteiger partial charge is 0.468 e. The molecule has 0 N–H and O–H groups in total. The van der Waals surface area contributed by atoms with Gasteiger partial charge in [0.15, 0.2) is 0 Å². The fraction of sp³-hybridized carbons (Fsp3) is 0.467. The van der Waals surface area contributed by atoms with Crippen LogP contribution in [-0.2, 0) is 9.53 Å². The Labute approximate surface area is 119 Å². The summed E-state index contributed by atoms with van der Waals surface area (Å²) in [6.07, 6.45) is 0. The molecule has 4 heteroatoms. The third-order valence-corrected chi connectivity index (χ3v) is 4.14. The van der Waals surface area contributed by atoms with Crippen molar-refractivity contribution in [3.05, 3.63) is 35.9 Å². The molecule has 1 heterocycles. The Kier molecular flexibility index (Phi) is 4.20. The van der Waals surface area contributed by atoms with Gasteiger partial charge in [-0.2, -0.15) is 0 Å². The minimum absolute atomic E-state index is 0.188. The Morgan fingerprint density at radius 3 is 2.53 bits per heavy atom. The van der Waals surface area contributed by atoms with Crippen molar-refractivity contribution in [2.75, 3.05) is 13.7 Å².